The van der Waals surface area contributed by atoms with E-state index in [-0.39, 0.29) is 5.91 Å². The van der Waals surface area contributed by atoms with Crippen molar-refractivity contribution in [1.29, 1.82) is 0 Å². The molecule has 1 amide bonds. The van der Waals surface area contributed by atoms with Crippen molar-refractivity contribution in [3.8, 4) is 0 Å². The fourth-order valence-electron chi connectivity index (χ4n) is 5.42. The van der Waals surface area contributed by atoms with Crippen LogP contribution in [0.1, 0.15) is 69.9 Å². The average Bonchev–Trinajstić information content (AvgIpc) is 3.44. The van der Waals surface area contributed by atoms with Crippen LogP contribution in [-0.4, -0.2) is 40.3 Å². The molecule has 0 bridgehead atoms. The minimum absolute atomic E-state index is 0.0858. The molecule has 0 radical (unpaired) electrons. The van der Waals surface area contributed by atoms with Gasteiger partial charge in [0.05, 0.1) is 6.54 Å². The van der Waals surface area contributed by atoms with Crippen molar-refractivity contribution in [3.05, 3.63) is 123 Å². The first-order valence-corrected chi connectivity index (χ1v) is 15.0. The largest absolute Gasteiger partial charge is 0.337 e. The van der Waals surface area contributed by atoms with E-state index in [4.69, 9.17) is 4.98 Å². The molecule has 4 nitrogen and oxygen atoms in total. The van der Waals surface area contributed by atoms with Crippen molar-refractivity contribution in [2.24, 2.45) is 5.92 Å². The van der Waals surface area contributed by atoms with Crippen molar-refractivity contribution in [3.63, 3.8) is 0 Å². The monoisotopic (exact) mass is 537 g/mol. The molecule has 1 aromatic heterocycles. The third-order valence-corrected chi connectivity index (χ3v) is 8.70. The minimum atomic E-state index is 0.0858. The summed E-state index contributed by atoms with van der Waals surface area (Å²) in [5, 5.41) is 2.96. The summed E-state index contributed by atoms with van der Waals surface area (Å²) >= 11 is 1.61. The molecule has 0 aliphatic carbocycles. The molecule has 0 N–H and O–H groups in total. The Morgan fingerprint density at radius 1 is 0.923 bits per heavy atom. The standard InChI is InChI=1S/C34H39N3OS/c1-26-13-15-28(16-14-26)23-36(20-19-31(29-9-5-3-6-10-29)30-11-7-4-8-12-30)24-33-35-32(25-39-33)34(38)37-21-17-27(2)18-22-37/h3-16,25,27,31H,17-24H2,1-2H3. The summed E-state index contributed by atoms with van der Waals surface area (Å²) in [5.74, 6) is 1.11. The number of carbonyl (C=O) groups excluding carboxylic acids is 1. The van der Waals surface area contributed by atoms with Crippen LogP contribution in [0.15, 0.2) is 90.3 Å². The van der Waals surface area contributed by atoms with Gasteiger partial charge in [-0.3, -0.25) is 9.69 Å². The van der Waals surface area contributed by atoms with Crippen LogP contribution in [0.5, 0.6) is 0 Å². The normalized spacial score (nSPS) is 14.3. The lowest BCUT2D eigenvalue weighted by atomic mass is 9.88. The Morgan fingerprint density at radius 2 is 1.54 bits per heavy atom. The summed E-state index contributed by atoms with van der Waals surface area (Å²) in [6, 6.07) is 30.5. The lowest BCUT2D eigenvalue weighted by Crippen LogP contribution is -2.38. The van der Waals surface area contributed by atoms with E-state index in [1.165, 1.54) is 22.3 Å². The highest BCUT2D eigenvalue weighted by atomic mass is 32.1. The van der Waals surface area contributed by atoms with E-state index >= 15 is 0 Å². The molecule has 3 aromatic carbocycles. The second kappa shape index (κ2) is 13.2. The molecule has 2 heterocycles. The molecule has 0 atom stereocenters. The predicted octanol–water partition coefficient (Wildman–Crippen LogP) is 7.55. The maximum absolute atomic E-state index is 13.1. The molecular weight excluding hydrogens is 498 g/mol. The van der Waals surface area contributed by atoms with Gasteiger partial charge in [0.15, 0.2) is 0 Å². The van der Waals surface area contributed by atoms with E-state index in [2.05, 4.69) is 104 Å². The van der Waals surface area contributed by atoms with Crippen LogP contribution in [0.3, 0.4) is 0 Å². The fraction of sp³-hybridized carbons (Fsp3) is 0.353. The van der Waals surface area contributed by atoms with Crippen LogP contribution in [0.4, 0.5) is 0 Å². The van der Waals surface area contributed by atoms with Crippen LogP contribution in [0.25, 0.3) is 0 Å². The lowest BCUT2D eigenvalue weighted by molar-refractivity contribution is 0.0691. The zero-order valence-electron chi connectivity index (χ0n) is 23.1. The molecule has 39 heavy (non-hydrogen) atoms. The van der Waals surface area contributed by atoms with Crippen LogP contribution < -0.4 is 0 Å². The zero-order valence-corrected chi connectivity index (χ0v) is 23.9. The molecule has 0 saturated carbocycles. The third kappa shape index (κ3) is 7.43. The molecule has 1 saturated heterocycles. The van der Waals surface area contributed by atoms with Gasteiger partial charge in [-0.05, 0) is 55.3 Å². The van der Waals surface area contributed by atoms with Crippen molar-refractivity contribution >= 4 is 17.2 Å². The first kappa shape index (κ1) is 27.3. The van der Waals surface area contributed by atoms with E-state index in [1.807, 2.05) is 10.3 Å². The molecule has 4 aromatic rings. The molecule has 0 unspecified atom stereocenters. The summed E-state index contributed by atoms with van der Waals surface area (Å²) in [6.07, 6.45) is 3.16. The number of aromatic nitrogens is 1. The molecule has 5 heteroatoms. The highest BCUT2D eigenvalue weighted by molar-refractivity contribution is 7.09. The molecule has 202 valence electrons. The first-order valence-electron chi connectivity index (χ1n) is 14.2. The fourth-order valence-corrected chi connectivity index (χ4v) is 6.23. The number of benzene rings is 3. The van der Waals surface area contributed by atoms with Crippen LogP contribution in [0.2, 0.25) is 0 Å². The van der Waals surface area contributed by atoms with Gasteiger partial charge < -0.3 is 4.90 Å². The number of carbonyl (C=O) groups is 1. The highest BCUT2D eigenvalue weighted by Crippen LogP contribution is 2.29. The van der Waals surface area contributed by atoms with E-state index in [0.29, 0.717) is 17.5 Å². The molecular formula is C34H39N3OS. The topological polar surface area (TPSA) is 36.4 Å². The second-order valence-corrected chi connectivity index (χ2v) is 11.9. The Morgan fingerprint density at radius 3 is 2.15 bits per heavy atom. The second-order valence-electron chi connectivity index (χ2n) is 11.0. The maximum atomic E-state index is 13.1. The molecule has 1 fully saturated rings. The Bertz CT molecular complexity index is 1270. The zero-order chi connectivity index (χ0) is 27.0. The van der Waals surface area contributed by atoms with Gasteiger partial charge in [0.2, 0.25) is 0 Å². The van der Waals surface area contributed by atoms with Gasteiger partial charge in [0.1, 0.15) is 10.7 Å². The summed E-state index contributed by atoms with van der Waals surface area (Å²) in [7, 11) is 0. The predicted molar refractivity (Wildman–Crippen MR) is 161 cm³/mol. The van der Waals surface area contributed by atoms with E-state index < -0.39 is 0 Å². The minimum Gasteiger partial charge on any atom is -0.337 e. The Kier molecular flexibility index (Phi) is 9.23. The van der Waals surface area contributed by atoms with Crippen molar-refractivity contribution in [1.82, 2.24) is 14.8 Å². The Balaban J connectivity index is 1.32. The molecule has 1 aliphatic heterocycles. The number of rotatable bonds is 10. The van der Waals surface area contributed by atoms with Gasteiger partial charge in [0.25, 0.3) is 5.91 Å². The van der Waals surface area contributed by atoms with Crippen LogP contribution in [0, 0.1) is 12.8 Å². The van der Waals surface area contributed by atoms with Gasteiger partial charge in [-0.25, -0.2) is 4.98 Å². The molecule has 1 aliphatic rings. The summed E-state index contributed by atoms with van der Waals surface area (Å²) in [5.41, 5.74) is 5.86. The van der Waals surface area contributed by atoms with Crippen LogP contribution in [-0.2, 0) is 13.1 Å². The smallest absolute Gasteiger partial charge is 0.273 e. The van der Waals surface area contributed by atoms with E-state index in [9.17, 15) is 4.79 Å². The van der Waals surface area contributed by atoms with Crippen molar-refractivity contribution in [2.75, 3.05) is 19.6 Å². The van der Waals surface area contributed by atoms with Crippen molar-refractivity contribution < 1.29 is 4.79 Å². The number of hydrogen-bond acceptors (Lipinski definition) is 4. The highest BCUT2D eigenvalue weighted by Gasteiger charge is 2.24. The number of amides is 1. The van der Waals surface area contributed by atoms with E-state index in [0.717, 1.165) is 57.0 Å². The number of piperidine rings is 1. The van der Waals surface area contributed by atoms with E-state index in [1.54, 1.807) is 11.3 Å². The third-order valence-electron chi connectivity index (χ3n) is 7.87. The van der Waals surface area contributed by atoms with Gasteiger partial charge in [0, 0.05) is 30.9 Å². The Hall–Kier alpha value is -3.28. The molecule has 0 spiro atoms. The van der Waals surface area contributed by atoms with Gasteiger partial charge in [-0.2, -0.15) is 0 Å². The number of thiazole rings is 1. The maximum Gasteiger partial charge on any atom is 0.273 e. The lowest BCUT2D eigenvalue weighted by Gasteiger charge is -2.29. The average molecular weight is 538 g/mol. The summed E-state index contributed by atoms with van der Waals surface area (Å²) < 4.78 is 0. The van der Waals surface area contributed by atoms with Gasteiger partial charge >= 0.3 is 0 Å². The summed E-state index contributed by atoms with van der Waals surface area (Å²) in [4.78, 5) is 22.4. The number of nitrogens with zero attached hydrogens (tertiary/aromatic N) is 3. The number of likely N-dealkylation sites (tertiary alicyclic amines) is 1. The summed E-state index contributed by atoms with van der Waals surface area (Å²) in [6.45, 7) is 8.59. The number of aryl methyl sites for hydroxylation is 1. The Labute approximate surface area is 237 Å². The number of hydrogen-bond donors (Lipinski definition) is 0. The van der Waals surface area contributed by atoms with Crippen LogP contribution >= 0.6 is 11.3 Å². The SMILES string of the molecule is Cc1ccc(CN(CCC(c2ccccc2)c2ccccc2)Cc2nc(C(=O)N3CCC(C)CC3)cs2)cc1. The quantitative estimate of drug-likeness (QED) is 0.210. The van der Waals surface area contributed by atoms with Crippen molar-refractivity contribution in [2.45, 2.75) is 52.1 Å². The molecule has 5 rings (SSSR count). The van der Waals surface area contributed by atoms with Gasteiger partial charge in [-0.15, -0.1) is 11.3 Å². The van der Waals surface area contributed by atoms with Gasteiger partial charge in [-0.1, -0.05) is 97.4 Å². The first-order chi connectivity index (χ1) is 19.0.